The Morgan fingerprint density at radius 2 is 1.90 bits per heavy atom. The van der Waals surface area contributed by atoms with Crippen LogP contribution in [0.5, 0.6) is 0 Å². The summed E-state index contributed by atoms with van der Waals surface area (Å²) in [4.78, 5) is 25.4. The summed E-state index contributed by atoms with van der Waals surface area (Å²) < 4.78 is 15.5. The van der Waals surface area contributed by atoms with E-state index in [0.717, 1.165) is 10.4 Å². The van der Waals surface area contributed by atoms with Crippen molar-refractivity contribution in [2.45, 2.75) is 0 Å². The van der Waals surface area contributed by atoms with Gasteiger partial charge in [0.05, 0.1) is 17.1 Å². The lowest BCUT2D eigenvalue weighted by Gasteiger charge is -2.03. The predicted molar refractivity (Wildman–Crippen MR) is 111 cm³/mol. The first-order valence-electron chi connectivity index (χ1n) is 8.96. The Morgan fingerprint density at radius 1 is 1.00 bits per heavy atom. The molecule has 0 aromatic carbocycles. The van der Waals surface area contributed by atoms with Crippen LogP contribution in [0.15, 0.2) is 54.7 Å². The minimum atomic E-state index is -0.516. The van der Waals surface area contributed by atoms with Gasteiger partial charge in [-0.25, -0.2) is 24.3 Å². The molecule has 0 unspecified atom stereocenters. The maximum atomic E-state index is 15.5. The molecule has 30 heavy (non-hydrogen) atoms. The van der Waals surface area contributed by atoms with Crippen molar-refractivity contribution in [3.05, 3.63) is 60.5 Å². The van der Waals surface area contributed by atoms with Gasteiger partial charge in [-0.15, -0.1) is 11.3 Å². The van der Waals surface area contributed by atoms with Crippen molar-refractivity contribution in [3.63, 3.8) is 0 Å². The van der Waals surface area contributed by atoms with E-state index in [-0.39, 0.29) is 5.69 Å². The fourth-order valence-corrected chi connectivity index (χ4v) is 4.18. The minimum Gasteiger partial charge on any atom is -0.321 e. The molecule has 0 aliphatic heterocycles. The zero-order chi connectivity index (χ0) is 20.1. The Kier molecular flexibility index (Phi) is 3.65. The number of nitrogens with zero attached hydrogens (tertiary/aromatic N) is 6. The Hall–Kier alpha value is -4.05. The van der Waals surface area contributed by atoms with Crippen molar-refractivity contribution in [1.29, 1.82) is 0 Å². The number of nitrogens with one attached hydrogen (secondary N) is 2. The molecule has 0 aliphatic rings. The molecule has 6 aromatic heterocycles. The van der Waals surface area contributed by atoms with Gasteiger partial charge in [-0.3, -0.25) is 10.1 Å². The molecule has 0 fully saturated rings. The molecule has 0 radical (unpaired) electrons. The normalized spacial score (nSPS) is 11.5. The van der Waals surface area contributed by atoms with E-state index in [1.54, 1.807) is 17.5 Å². The lowest BCUT2D eigenvalue weighted by Crippen LogP contribution is -1.93. The molecular formula is C20H11FN8S. The first kappa shape index (κ1) is 16.9. The van der Waals surface area contributed by atoms with Gasteiger partial charge in [-0.1, -0.05) is 6.07 Å². The van der Waals surface area contributed by atoms with Gasteiger partial charge in [0.2, 0.25) is 0 Å². The summed E-state index contributed by atoms with van der Waals surface area (Å²) in [6.45, 7) is 0. The van der Waals surface area contributed by atoms with Gasteiger partial charge in [-0.2, -0.15) is 5.10 Å². The van der Waals surface area contributed by atoms with E-state index < -0.39 is 5.82 Å². The predicted octanol–water partition coefficient (Wildman–Crippen LogP) is 4.22. The number of H-pyrrole nitrogens is 2. The van der Waals surface area contributed by atoms with Crippen LogP contribution >= 0.6 is 11.3 Å². The van der Waals surface area contributed by atoms with Crippen LogP contribution in [0.2, 0.25) is 0 Å². The summed E-state index contributed by atoms with van der Waals surface area (Å²) in [5, 5.41) is 9.42. The van der Waals surface area contributed by atoms with Crippen LogP contribution in [0.4, 0.5) is 4.39 Å². The lowest BCUT2D eigenvalue weighted by molar-refractivity contribution is 0.638. The number of pyridine rings is 2. The summed E-state index contributed by atoms with van der Waals surface area (Å²) in [5.41, 5.74) is 3.74. The molecule has 6 rings (SSSR count). The highest BCUT2D eigenvalue weighted by Gasteiger charge is 2.21. The third-order valence-corrected chi connectivity index (χ3v) is 5.68. The quantitative estimate of drug-likeness (QED) is 0.449. The van der Waals surface area contributed by atoms with E-state index in [9.17, 15) is 0 Å². The second-order valence-corrected chi connectivity index (χ2v) is 7.47. The summed E-state index contributed by atoms with van der Waals surface area (Å²) in [6, 6.07) is 5.93. The number of hydrogen-bond donors (Lipinski definition) is 2. The highest BCUT2D eigenvalue weighted by molar-refractivity contribution is 7.13. The van der Waals surface area contributed by atoms with Crippen LogP contribution < -0.4 is 0 Å². The van der Waals surface area contributed by atoms with Crippen LogP contribution in [0.1, 0.15) is 0 Å². The number of thiophene rings is 1. The molecule has 0 amide bonds. The molecule has 0 bridgehead atoms. The average molecular weight is 414 g/mol. The summed E-state index contributed by atoms with van der Waals surface area (Å²) in [5.74, 6) is -0.0916. The number of aromatic amines is 2. The molecule has 10 heteroatoms. The molecule has 144 valence electrons. The van der Waals surface area contributed by atoms with E-state index in [1.165, 1.54) is 24.9 Å². The van der Waals surface area contributed by atoms with Crippen molar-refractivity contribution in [1.82, 2.24) is 40.1 Å². The molecule has 0 aliphatic carbocycles. The minimum absolute atomic E-state index is 0.152. The van der Waals surface area contributed by atoms with Crippen molar-refractivity contribution in [2.75, 3.05) is 0 Å². The van der Waals surface area contributed by atoms with E-state index in [4.69, 9.17) is 4.98 Å². The third kappa shape index (κ3) is 2.51. The summed E-state index contributed by atoms with van der Waals surface area (Å²) >= 11 is 1.62. The monoisotopic (exact) mass is 414 g/mol. The highest BCUT2D eigenvalue weighted by Crippen LogP contribution is 2.34. The van der Waals surface area contributed by atoms with Gasteiger partial charge in [0, 0.05) is 34.6 Å². The third-order valence-electron chi connectivity index (χ3n) is 4.77. The molecule has 0 saturated heterocycles. The topological polar surface area (TPSA) is 109 Å². The highest BCUT2D eigenvalue weighted by atomic mass is 32.1. The van der Waals surface area contributed by atoms with E-state index >= 15 is 4.39 Å². The number of fused-ring (bicyclic) bond motifs is 2. The Balaban J connectivity index is 1.57. The van der Waals surface area contributed by atoms with Crippen LogP contribution in [-0.2, 0) is 0 Å². The van der Waals surface area contributed by atoms with Crippen molar-refractivity contribution in [2.24, 2.45) is 0 Å². The number of hydrogen-bond acceptors (Lipinski definition) is 7. The van der Waals surface area contributed by atoms with E-state index in [2.05, 4.69) is 35.1 Å². The number of aromatic nitrogens is 8. The fourth-order valence-electron chi connectivity index (χ4n) is 3.42. The van der Waals surface area contributed by atoms with Gasteiger partial charge in [0.15, 0.2) is 17.3 Å². The second kappa shape index (κ2) is 6.49. The van der Waals surface area contributed by atoms with Crippen molar-refractivity contribution < 1.29 is 4.39 Å². The van der Waals surface area contributed by atoms with E-state index in [0.29, 0.717) is 39.1 Å². The fraction of sp³-hybridized carbons (Fsp3) is 0. The van der Waals surface area contributed by atoms with E-state index in [1.807, 2.05) is 23.6 Å². The largest absolute Gasteiger partial charge is 0.321 e. The lowest BCUT2D eigenvalue weighted by atomic mass is 10.1. The van der Waals surface area contributed by atoms with Crippen LogP contribution in [0.3, 0.4) is 0 Å². The van der Waals surface area contributed by atoms with Gasteiger partial charge in [0.1, 0.15) is 23.2 Å². The van der Waals surface area contributed by atoms with Crippen molar-refractivity contribution in [3.8, 4) is 33.2 Å². The number of halogens is 1. The van der Waals surface area contributed by atoms with Crippen molar-refractivity contribution >= 4 is 33.4 Å². The van der Waals surface area contributed by atoms with Crippen LogP contribution in [0, 0.1) is 5.82 Å². The Labute approximate surface area is 171 Å². The SMILES string of the molecule is Fc1c(-c2cncnc2)ncc2[nH]nc(-c3nc4c(-c5cccs5)ccnc4[nH]3)c12. The molecule has 0 saturated carbocycles. The standard InChI is InChI=1S/C20H11FN8S/c21-15-14-12(8-25-16(15)10-6-22-9-23-7-10)28-29-18(14)20-26-17-11(13-2-1-5-30-13)3-4-24-19(17)27-20/h1-9H,(H,28,29)(H,24,26,27). The van der Waals surface area contributed by atoms with Gasteiger partial charge in [0.25, 0.3) is 0 Å². The molecule has 8 nitrogen and oxygen atoms in total. The zero-order valence-corrected chi connectivity index (χ0v) is 16.0. The first-order chi connectivity index (χ1) is 14.8. The average Bonchev–Trinajstić information content (AvgIpc) is 3.53. The maximum absolute atomic E-state index is 15.5. The molecule has 6 aromatic rings. The molecule has 0 spiro atoms. The molecule has 6 heterocycles. The number of imidazole rings is 1. The summed E-state index contributed by atoms with van der Waals surface area (Å²) in [7, 11) is 0. The Morgan fingerprint density at radius 3 is 2.73 bits per heavy atom. The number of rotatable bonds is 3. The van der Waals surface area contributed by atoms with Crippen LogP contribution in [0.25, 0.3) is 55.3 Å². The first-order valence-corrected chi connectivity index (χ1v) is 9.84. The molecule has 2 N–H and O–H groups in total. The van der Waals surface area contributed by atoms with Gasteiger partial charge < -0.3 is 4.98 Å². The second-order valence-electron chi connectivity index (χ2n) is 6.53. The van der Waals surface area contributed by atoms with Crippen LogP contribution in [-0.4, -0.2) is 40.1 Å². The summed E-state index contributed by atoms with van der Waals surface area (Å²) in [6.07, 6.45) is 7.68. The molecular weight excluding hydrogens is 403 g/mol. The zero-order valence-electron chi connectivity index (χ0n) is 15.2. The smallest absolute Gasteiger partial charge is 0.161 e. The van der Waals surface area contributed by atoms with Gasteiger partial charge >= 0.3 is 0 Å². The van der Waals surface area contributed by atoms with Gasteiger partial charge in [-0.05, 0) is 17.5 Å². The molecule has 0 atom stereocenters. The maximum Gasteiger partial charge on any atom is 0.161 e. The Bertz CT molecular complexity index is 1500.